The van der Waals surface area contributed by atoms with Gasteiger partial charge in [-0.15, -0.1) is 0 Å². The molecule has 3 rings (SSSR count). The summed E-state index contributed by atoms with van der Waals surface area (Å²) < 4.78 is 8.43. The lowest BCUT2D eigenvalue weighted by Gasteiger charge is -2.28. The molecule has 0 aliphatic rings. The van der Waals surface area contributed by atoms with Gasteiger partial charge in [-0.25, -0.2) is 4.79 Å². The number of anilines is 1. The fourth-order valence-corrected chi connectivity index (χ4v) is 4.28. The molecule has 7 nitrogen and oxygen atoms in total. The molecule has 8 heteroatoms. The molecule has 2 aromatic carbocycles. The number of hydrogen-bond acceptors (Lipinski definition) is 3. The molecule has 0 bridgehead atoms. The predicted molar refractivity (Wildman–Crippen MR) is 152 cm³/mol. The van der Waals surface area contributed by atoms with E-state index in [0.717, 1.165) is 35.1 Å². The molecule has 0 radical (unpaired) electrons. The highest BCUT2D eigenvalue weighted by atomic mass is 79.9. The molecule has 0 atom stereocenters. The molecule has 1 heterocycles. The van der Waals surface area contributed by atoms with E-state index in [1.54, 1.807) is 7.11 Å². The van der Waals surface area contributed by atoms with E-state index < -0.39 is 0 Å². The Bertz CT molecular complexity index is 1150. The minimum Gasteiger partial charge on any atom is -0.383 e. The zero-order valence-corrected chi connectivity index (χ0v) is 23.5. The number of rotatable bonds is 13. The quantitative estimate of drug-likeness (QED) is 0.278. The van der Waals surface area contributed by atoms with Crippen molar-refractivity contribution in [2.45, 2.75) is 39.8 Å². The van der Waals surface area contributed by atoms with Gasteiger partial charge in [0, 0.05) is 48.8 Å². The summed E-state index contributed by atoms with van der Waals surface area (Å²) in [4.78, 5) is 30.0. The number of unbranched alkanes of at least 4 members (excludes halogenated alkanes) is 1. The summed E-state index contributed by atoms with van der Waals surface area (Å²) in [6, 6.07) is 19.6. The Labute approximate surface area is 228 Å². The van der Waals surface area contributed by atoms with Crippen molar-refractivity contribution in [2.24, 2.45) is 0 Å². The van der Waals surface area contributed by atoms with Crippen molar-refractivity contribution < 1.29 is 14.3 Å². The summed E-state index contributed by atoms with van der Waals surface area (Å²) in [5.41, 5.74) is 3.99. The summed E-state index contributed by atoms with van der Waals surface area (Å²) in [5, 5.41) is 2.92. The van der Waals surface area contributed by atoms with Gasteiger partial charge in [0.25, 0.3) is 0 Å². The number of amides is 3. The molecule has 0 unspecified atom stereocenters. The van der Waals surface area contributed by atoms with Crippen LogP contribution in [-0.4, -0.2) is 59.7 Å². The average Bonchev–Trinajstić information content (AvgIpc) is 3.31. The number of aromatic nitrogens is 1. The standard InChI is InChI=1S/C29H37BrN4O3/c1-4-5-15-33(21-27-10-7-16-32(27)20-24-11-13-25(30)14-12-24)28(35)22-34(17-18-37-3)29(36)31-26-9-6-8-23(2)19-26/h6-14,16,19H,4-5,15,17-18,20-22H2,1-3H3,(H,31,36). The summed E-state index contributed by atoms with van der Waals surface area (Å²) in [6.07, 6.45) is 3.91. The molecule has 37 heavy (non-hydrogen) atoms. The number of halogens is 1. The van der Waals surface area contributed by atoms with Crippen molar-refractivity contribution in [1.29, 1.82) is 0 Å². The van der Waals surface area contributed by atoms with Gasteiger partial charge in [0.1, 0.15) is 6.54 Å². The number of hydrogen-bond donors (Lipinski definition) is 1. The minimum absolute atomic E-state index is 0.0157. The highest BCUT2D eigenvalue weighted by Crippen LogP contribution is 2.15. The minimum atomic E-state index is -0.315. The Hall–Kier alpha value is -3.10. The van der Waals surface area contributed by atoms with Gasteiger partial charge in [-0.3, -0.25) is 4.79 Å². The molecule has 0 fully saturated rings. The van der Waals surface area contributed by atoms with Crippen molar-refractivity contribution in [3.63, 3.8) is 0 Å². The number of aryl methyl sites for hydroxylation is 1. The molecule has 0 aliphatic heterocycles. The SMILES string of the molecule is CCCCN(Cc1cccn1Cc1ccc(Br)cc1)C(=O)CN(CCOC)C(=O)Nc1cccc(C)c1. The van der Waals surface area contributed by atoms with Crippen LogP contribution in [0.1, 0.15) is 36.6 Å². The number of carbonyl (C=O) groups excluding carboxylic acids is 2. The fourth-order valence-electron chi connectivity index (χ4n) is 4.01. The maximum atomic E-state index is 13.5. The van der Waals surface area contributed by atoms with Crippen LogP contribution in [-0.2, 0) is 22.6 Å². The van der Waals surface area contributed by atoms with Gasteiger partial charge in [0.2, 0.25) is 5.91 Å². The third kappa shape index (κ3) is 9.05. The predicted octanol–water partition coefficient (Wildman–Crippen LogP) is 5.92. The molecule has 3 amide bonds. The van der Waals surface area contributed by atoms with Crippen LogP contribution in [0.15, 0.2) is 71.3 Å². The van der Waals surface area contributed by atoms with Crippen molar-refractivity contribution >= 4 is 33.6 Å². The zero-order chi connectivity index (χ0) is 26.6. The summed E-state index contributed by atoms with van der Waals surface area (Å²) in [5.74, 6) is -0.0830. The second kappa shape index (κ2) is 14.6. The molecule has 0 spiro atoms. The van der Waals surface area contributed by atoms with Crippen LogP contribution in [0, 0.1) is 6.92 Å². The molecule has 0 saturated heterocycles. The number of ether oxygens (including phenoxy) is 1. The number of methoxy groups -OCH3 is 1. The molecule has 1 N–H and O–H groups in total. The van der Waals surface area contributed by atoms with Crippen LogP contribution in [0.3, 0.4) is 0 Å². The van der Waals surface area contributed by atoms with Crippen molar-refractivity contribution in [3.8, 4) is 0 Å². The first-order valence-corrected chi connectivity index (χ1v) is 13.5. The molecule has 3 aromatic rings. The number of nitrogens with one attached hydrogen (secondary N) is 1. The lowest BCUT2D eigenvalue weighted by atomic mass is 10.2. The molecular formula is C29H37BrN4O3. The van der Waals surface area contributed by atoms with Gasteiger partial charge < -0.3 is 24.4 Å². The molecule has 0 saturated carbocycles. The zero-order valence-electron chi connectivity index (χ0n) is 22.0. The smallest absolute Gasteiger partial charge is 0.322 e. The maximum Gasteiger partial charge on any atom is 0.322 e. The van der Waals surface area contributed by atoms with Gasteiger partial charge >= 0.3 is 6.03 Å². The number of nitrogens with zero attached hydrogens (tertiary/aromatic N) is 3. The number of carbonyl (C=O) groups is 2. The van der Waals surface area contributed by atoms with Crippen molar-refractivity contribution in [1.82, 2.24) is 14.4 Å². The van der Waals surface area contributed by atoms with E-state index in [2.05, 4.69) is 50.9 Å². The van der Waals surface area contributed by atoms with E-state index >= 15 is 0 Å². The van der Waals surface area contributed by atoms with E-state index in [4.69, 9.17) is 4.74 Å². The van der Waals surface area contributed by atoms with Gasteiger partial charge in [-0.2, -0.15) is 0 Å². The van der Waals surface area contributed by atoms with Gasteiger partial charge in [-0.05, 0) is 60.9 Å². The molecule has 0 aliphatic carbocycles. The third-order valence-corrected chi connectivity index (χ3v) is 6.65. The van der Waals surface area contributed by atoms with Gasteiger partial charge in [0.15, 0.2) is 0 Å². The first-order valence-electron chi connectivity index (χ1n) is 12.7. The Morgan fingerprint density at radius 2 is 1.81 bits per heavy atom. The Morgan fingerprint density at radius 3 is 2.51 bits per heavy atom. The lowest BCUT2D eigenvalue weighted by molar-refractivity contribution is -0.132. The van der Waals surface area contributed by atoms with Gasteiger partial charge in [0.05, 0.1) is 13.2 Å². The number of urea groups is 1. The van der Waals surface area contributed by atoms with E-state index in [-0.39, 0.29) is 18.5 Å². The van der Waals surface area contributed by atoms with Gasteiger partial charge in [-0.1, -0.05) is 53.5 Å². The van der Waals surface area contributed by atoms with Crippen LogP contribution < -0.4 is 5.32 Å². The first-order chi connectivity index (χ1) is 17.9. The highest BCUT2D eigenvalue weighted by molar-refractivity contribution is 9.10. The second-order valence-corrected chi connectivity index (χ2v) is 10.1. The largest absolute Gasteiger partial charge is 0.383 e. The first kappa shape index (κ1) is 28.5. The Morgan fingerprint density at radius 1 is 1.03 bits per heavy atom. The maximum absolute atomic E-state index is 13.5. The Kier molecular flexibility index (Phi) is 11.2. The van der Waals surface area contributed by atoms with Crippen LogP contribution in [0.25, 0.3) is 0 Å². The van der Waals surface area contributed by atoms with E-state index in [0.29, 0.717) is 31.9 Å². The second-order valence-electron chi connectivity index (χ2n) is 9.14. The van der Waals surface area contributed by atoms with Crippen LogP contribution in [0.2, 0.25) is 0 Å². The monoisotopic (exact) mass is 568 g/mol. The van der Waals surface area contributed by atoms with Crippen molar-refractivity contribution in [2.75, 3.05) is 38.7 Å². The number of benzene rings is 2. The van der Waals surface area contributed by atoms with E-state index in [1.807, 2.05) is 60.5 Å². The molecule has 198 valence electrons. The van der Waals surface area contributed by atoms with E-state index in [1.165, 1.54) is 10.5 Å². The van der Waals surface area contributed by atoms with Crippen molar-refractivity contribution in [3.05, 3.63) is 88.2 Å². The lowest BCUT2D eigenvalue weighted by Crippen LogP contribution is -2.46. The topological polar surface area (TPSA) is 66.8 Å². The summed E-state index contributed by atoms with van der Waals surface area (Å²) >= 11 is 3.49. The summed E-state index contributed by atoms with van der Waals surface area (Å²) in [6.45, 7) is 6.58. The van der Waals surface area contributed by atoms with E-state index in [9.17, 15) is 9.59 Å². The average molecular weight is 570 g/mol. The van der Waals surface area contributed by atoms with Crippen LogP contribution >= 0.6 is 15.9 Å². The Balaban J connectivity index is 1.72. The molecule has 1 aromatic heterocycles. The molecular weight excluding hydrogens is 532 g/mol. The fraction of sp³-hybridized carbons (Fsp3) is 0.379. The van der Waals surface area contributed by atoms with Crippen LogP contribution in [0.4, 0.5) is 10.5 Å². The van der Waals surface area contributed by atoms with Crippen LogP contribution in [0.5, 0.6) is 0 Å². The normalized spacial score (nSPS) is 10.8. The third-order valence-electron chi connectivity index (χ3n) is 6.12. The highest BCUT2D eigenvalue weighted by Gasteiger charge is 2.22. The summed E-state index contributed by atoms with van der Waals surface area (Å²) in [7, 11) is 1.59.